The van der Waals surface area contributed by atoms with Gasteiger partial charge in [-0.25, -0.2) is 8.42 Å². The summed E-state index contributed by atoms with van der Waals surface area (Å²) >= 11 is 6.94. The van der Waals surface area contributed by atoms with E-state index in [2.05, 4.69) is 10.6 Å². The van der Waals surface area contributed by atoms with Crippen molar-refractivity contribution in [2.75, 3.05) is 13.6 Å². The Balaban J connectivity index is 2.33. The Morgan fingerprint density at radius 2 is 1.83 bits per heavy atom. The van der Waals surface area contributed by atoms with Crippen molar-refractivity contribution in [1.29, 1.82) is 0 Å². The Labute approximate surface area is 148 Å². The SMILES string of the molecule is CNC(=O)C(=O)NC[C@H](c1ccc(Cl)cc1)S(=O)(=O)c1cccs1. The van der Waals surface area contributed by atoms with Crippen molar-refractivity contribution in [3.63, 3.8) is 0 Å². The van der Waals surface area contributed by atoms with E-state index in [1.54, 1.807) is 35.7 Å². The number of likely N-dealkylation sites (N-methyl/N-ethyl adjacent to an activating group) is 1. The number of sulfone groups is 1. The highest BCUT2D eigenvalue weighted by atomic mass is 35.5. The van der Waals surface area contributed by atoms with E-state index in [0.29, 0.717) is 10.6 Å². The first kappa shape index (κ1) is 18.4. The summed E-state index contributed by atoms with van der Waals surface area (Å²) in [7, 11) is -2.40. The third-order valence-corrected chi connectivity index (χ3v) is 7.06. The molecule has 0 aliphatic carbocycles. The fourth-order valence-corrected chi connectivity index (χ4v) is 5.02. The molecule has 1 heterocycles. The van der Waals surface area contributed by atoms with Gasteiger partial charge in [0.05, 0.1) is 0 Å². The third kappa shape index (κ3) is 4.14. The Hall–Kier alpha value is -1.90. The van der Waals surface area contributed by atoms with E-state index in [4.69, 9.17) is 11.6 Å². The Kier molecular flexibility index (Phi) is 5.98. The van der Waals surface area contributed by atoms with Crippen LogP contribution in [0.1, 0.15) is 10.8 Å². The fourth-order valence-electron chi connectivity index (χ4n) is 2.03. The number of halogens is 1. The molecule has 0 unspecified atom stereocenters. The molecule has 0 saturated heterocycles. The maximum Gasteiger partial charge on any atom is 0.309 e. The smallest absolute Gasteiger partial charge is 0.309 e. The van der Waals surface area contributed by atoms with Crippen molar-refractivity contribution in [3.05, 3.63) is 52.4 Å². The fraction of sp³-hybridized carbons (Fsp3) is 0.200. The number of hydrogen-bond donors (Lipinski definition) is 2. The number of carbonyl (C=O) groups excluding carboxylic acids is 2. The molecule has 1 aromatic carbocycles. The number of amides is 2. The van der Waals surface area contributed by atoms with Gasteiger partial charge in [0, 0.05) is 18.6 Å². The predicted octanol–water partition coefficient (Wildman–Crippen LogP) is 1.78. The lowest BCUT2D eigenvalue weighted by atomic mass is 10.1. The topological polar surface area (TPSA) is 92.3 Å². The number of thiophene rings is 1. The van der Waals surface area contributed by atoms with Gasteiger partial charge in [0.15, 0.2) is 9.84 Å². The molecule has 9 heteroatoms. The largest absolute Gasteiger partial charge is 0.351 e. The van der Waals surface area contributed by atoms with E-state index in [9.17, 15) is 18.0 Å². The van der Waals surface area contributed by atoms with E-state index in [1.165, 1.54) is 13.1 Å². The molecule has 2 aromatic rings. The van der Waals surface area contributed by atoms with Gasteiger partial charge in [-0.1, -0.05) is 29.8 Å². The Bertz CT molecular complexity index is 818. The van der Waals surface area contributed by atoms with Crippen molar-refractivity contribution >= 4 is 44.6 Å². The van der Waals surface area contributed by atoms with Crippen LogP contribution in [0.5, 0.6) is 0 Å². The molecule has 2 amide bonds. The molecule has 1 atom stereocenters. The molecule has 0 aliphatic rings. The van der Waals surface area contributed by atoms with Crippen LogP contribution in [0.3, 0.4) is 0 Å². The molecule has 0 saturated carbocycles. The first-order chi connectivity index (χ1) is 11.4. The summed E-state index contributed by atoms with van der Waals surface area (Å²) in [5, 5.41) is 5.65. The highest BCUT2D eigenvalue weighted by molar-refractivity contribution is 7.93. The minimum atomic E-state index is -3.72. The maximum atomic E-state index is 12.9. The highest BCUT2D eigenvalue weighted by Crippen LogP contribution is 2.31. The Morgan fingerprint density at radius 3 is 2.38 bits per heavy atom. The van der Waals surface area contributed by atoms with Gasteiger partial charge in [-0.2, -0.15) is 0 Å². The quantitative estimate of drug-likeness (QED) is 0.766. The summed E-state index contributed by atoms with van der Waals surface area (Å²) in [5.41, 5.74) is 0.477. The summed E-state index contributed by atoms with van der Waals surface area (Å²) in [6.45, 7) is -0.228. The molecule has 0 spiro atoms. The average molecular weight is 387 g/mol. The Morgan fingerprint density at radius 1 is 1.17 bits per heavy atom. The van der Waals surface area contributed by atoms with Crippen LogP contribution in [-0.4, -0.2) is 33.8 Å². The van der Waals surface area contributed by atoms with Gasteiger partial charge < -0.3 is 10.6 Å². The van der Waals surface area contributed by atoms with Crippen LogP contribution in [0.25, 0.3) is 0 Å². The lowest BCUT2D eigenvalue weighted by Crippen LogP contribution is -2.40. The molecule has 0 aliphatic heterocycles. The number of hydrogen-bond acceptors (Lipinski definition) is 5. The average Bonchev–Trinajstić information content (AvgIpc) is 3.10. The first-order valence-corrected chi connectivity index (χ1v) is 9.69. The van der Waals surface area contributed by atoms with Crippen molar-refractivity contribution in [2.24, 2.45) is 0 Å². The molecule has 6 nitrogen and oxygen atoms in total. The molecular weight excluding hydrogens is 372 g/mol. The second-order valence-electron chi connectivity index (χ2n) is 4.81. The summed E-state index contributed by atoms with van der Waals surface area (Å²) in [5.74, 6) is -1.73. The lowest BCUT2D eigenvalue weighted by molar-refractivity contribution is -0.138. The number of nitrogens with one attached hydrogen (secondary N) is 2. The molecule has 0 bridgehead atoms. The van der Waals surface area contributed by atoms with E-state index >= 15 is 0 Å². The summed E-state index contributed by atoms with van der Waals surface area (Å²) in [6.07, 6.45) is 0. The number of benzene rings is 1. The number of carbonyl (C=O) groups is 2. The molecule has 24 heavy (non-hydrogen) atoms. The van der Waals surface area contributed by atoms with Crippen molar-refractivity contribution in [1.82, 2.24) is 10.6 Å². The van der Waals surface area contributed by atoms with Crippen molar-refractivity contribution in [2.45, 2.75) is 9.46 Å². The molecule has 1 aromatic heterocycles. The van der Waals surface area contributed by atoms with Crippen LogP contribution in [0, 0.1) is 0 Å². The second-order valence-corrected chi connectivity index (χ2v) is 8.55. The summed E-state index contributed by atoms with van der Waals surface area (Å²) < 4.78 is 25.9. The zero-order valence-electron chi connectivity index (χ0n) is 12.7. The van der Waals surface area contributed by atoms with Gasteiger partial charge in [0.25, 0.3) is 0 Å². The van der Waals surface area contributed by atoms with Gasteiger partial charge in [-0.05, 0) is 29.1 Å². The van der Waals surface area contributed by atoms with Crippen LogP contribution in [0.15, 0.2) is 46.0 Å². The van der Waals surface area contributed by atoms with Gasteiger partial charge in [0.2, 0.25) is 0 Å². The molecule has 2 rings (SSSR count). The van der Waals surface area contributed by atoms with Crippen molar-refractivity contribution < 1.29 is 18.0 Å². The van der Waals surface area contributed by atoms with Crippen LogP contribution in [-0.2, 0) is 19.4 Å². The van der Waals surface area contributed by atoms with E-state index in [1.807, 2.05) is 0 Å². The summed E-state index contributed by atoms with van der Waals surface area (Å²) in [6, 6.07) is 9.47. The molecular formula is C15H15ClN2O4S2. The minimum Gasteiger partial charge on any atom is -0.351 e. The normalized spacial score (nSPS) is 12.4. The van der Waals surface area contributed by atoms with E-state index in [0.717, 1.165) is 11.3 Å². The monoisotopic (exact) mass is 386 g/mol. The molecule has 2 N–H and O–H groups in total. The second kappa shape index (κ2) is 7.78. The van der Waals surface area contributed by atoms with Crippen LogP contribution < -0.4 is 10.6 Å². The molecule has 128 valence electrons. The van der Waals surface area contributed by atoms with E-state index < -0.39 is 26.9 Å². The van der Waals surface area contributed by atoms with Gasteiger partial charge in [-0.15, -0.1) is 11.3 Å². The van der Waals surface area contributed by atoms with Gasteiger partial charge in [0.1, 0.15) is 9.46 Å². The maximum absolute atomic E-state index is 12.9. The van der Waals surface area contributed by atoms with Crippen LogP contribution in [0.2, 0.25) is 5.02 Å². The van der Waals surface area contributed by atoms with Gasteiger partial charge >= 0.3 is 11.8 Å². The van der Waals surface area contributed by atoms with Crippen molar-refractivity contribution in [3.8, 4) is 0 Å². The molecule has 0 fully saturated rings. The lowest BCUT2D eigenvalue weighted by Gasteiger charge is -2.18. The predicted molar refractivity (Wildman–Crippen MR) is 92.8 cm³/mol. The standard InChI is InChI=1S/C15H15ClN2O4S2/c1-17-14(19)15(20)18-9-12(10-4-6-11(16)7-5-10)24(21,22)13-3-2-8-23-13/h2-8,12H,9H2,1H3,(H,17,19)(H,18,20)/t12-/m1/s1. The van der Waals surface area contributed by atoms with Gasteiger partial charge in [-0.3, -0.25) is 9.59 Å². The minimum absolute atomic E-state index is 0.191. The summed E-state index contributed by atoms with van der Waals surface area (Å²) in [4.78, 5) is 22.9. The first-order valence-electron chi connectivity index (χ1n) is 6.89. The molecule has 0 radical (unpaired) electrons. The van der Waals surface area contributed by atoms with Crippen LogP contribution >= 0.6 is 22.9 Å². The highest BCUT2D eigenvalue weighted by Gasteiger charge is 2.31. The number of rotatable bonds is 5. The zero-order valence-corrected chi connectivity index (χ0v) is 15.0. The zero-order chi connectivity index (χ0) is 17.7. The van der Waals surface area contributed by atoms with E-state index in [-0.39, 0.29) is 10.8 Å². The van der Waals surface area contributed by atoms with Crippen LogP contribution in [0.4, 0.5) is 0 Å². The third-order valence-electron chi connectivity index (χ3n) is 3.27.